The van der Waals surface area contributed by atoms with E-state index in [-0.39, 0.29) is 17.1 Å². The number of carbonyl (C=O) groups excluding carboxylic acids is 2. The zero-order chi connectivity index (χ0) is 29.8. The van der Waals surface area contributed by atoms with Gasteiger partial charge in [-0.05, 0) is 82.1 Å². The van der Waals surface area contributed by atoms with Gasteiger partial charge in [-0.25, -0.2) is 8.42 Å². The van der Waals surface area contributed by atoms with Gasteiger partial charge in [-0.2, -0.15) is 0 Å². The van der Waals surface area contributed by atoms with E-state index in [0.717, 1.165) is 9.87 Å². The summed E-state index contributed by atoms with van der Waals surface area (Å²) in [7, 11) is -4.18. The molecular weight excluding hydrogens is 593 g/mol. The highest BCUT2D eigenvalue weighted by Crippen LogP contribution is 2.29. The van der Waals surface area contributed by atoms with Crippen molar-refractivity contribution < 1.29 is 18.0 Å². The maximum absolute atomic E-state index is 14.0. The lowest BCUT2D eigenvalue weighted by atomic mass is 10.1. The molecule has 0 aromatic heterocycles. The average Bonchev–Trinajstić information content (AvgIpc) is 2.88. The number of carbonyl (C=O) groups is 2. The third kappa shape index (κ3) is 7.91. The summed E-state index contributed by atoms with van der Waals surface area (Å²) in [6.45, 7) is 8.29. The van der Waals surface area contributed by atoms with E-state index < -0.39 is 40.0 Å². The fraction of sp³-hybridized carbons (Fsp3) is 0.310. The maximum Gasteiger partial charge on any atom is 0.264 e. The fourth-order valence-corrected chi connectivity index (χ4v) is 5.80. The van der Waals surface area contributed by atoms with Gasteiger partial charge in [0.05, 0.1) is 20.6 Å². The lowest BCUT2D eigenvalue weighted by molar-refractivity contribution is -0.140. The molecule has 0 spiro atoms. The monoisotopic (exact) mass is 623 g/mol. The fourth-order valence-electron chi connectivity index (χ4n) is 3.88. The molecule has 3 rings (SSSR count). The van der Waals surface area contributed by atoms with E-state index in [9.17, 15) is 18.0 Å². The number of nitrogens with one attached hydrogen (secondary N) is 1. The smallest absolute Gasteiger partial charge is 0.264 e. The first-order valence-corrected chi connectivity index (χ1v) is 15.1. The lowest BCUT2D eigenvalue weighted by Crippen LogP contribution is -2.54. The molecule has 0 aliphatic carbocycles. The molecule has 1 unspecified atom stereocenters. The van der Waals surface area contributed by atoms with Gasteiger partial charge < -0.3 is 10.2 Å². The molecule has 0 saturated carbocycles. The Morgan fingerprint density at radius 3 is 2.12 bits per heavy atom. The van der Waals surface area contributed by atoms with Crippen molar-refractivity contribution in [2.24, 2.45) is 0 Å². The molecule has 1 N–H and O–H groups in total. The molecule has 0 heterocycles. The second kappa shape index (κ2) is 12.8. The van der Waals surface area contributed by atoms with Crippen LogP contribution in [0, 0.1) is 6.92 Å². The molecule has 0 saturated heterocycles. The maximum atomic E-state index is 14.0. The molecule has 0 radical (unpaired) electrons. The van der Waals surface area contributed by atoms with Crippen LogP contribution in [0.4, 0.5) is 5.69 Å². The Hall–Kier alpha value is -2.78. The van der Waals surface area contributed by atoms with Crippen LogP contribution >= 0.6 is 34.8 Å². The Bertz CT molecular complexity index is 1490. The van der Waals surface area contributed by atoms with Crippen LogP contribution < -0.4 is 9.62 Å². The van der Waals surface area contributed by atoms with Crippen LogP contribution in [-0.4, -0.2) is 43.3 Å². The molecule has 0 fully saturated rings. The van der Waals surface area contributed by atoms with Crippen molar-refractivity contribution in [1.29, 1.82) is 0 Å². The highest BCUT2D eigenvalue weighted by molar-refractivity contribution is 7.92. The highest BCUT2D eigenvalue weighted by Gasteiger charge is 2.33. The van der Waals surface area contributed by atoms with E-state index in [2.05, 4.69) is 5.32 Å². The largest absolute Gasteiger partial charge is 0.350 e. The number of benzene rings is 3. The Labute approximate surface area is 251 Å². The number of halogens is 3. The van der Waals surface area contributed by atoms with Gasteiger partial charge in [0.1, 0.15) is 12.6 Å². The van der Waals surface area contributed by atoms with Crippen molar-refractivity contribution in [3.05, 3.63) is 92.9 Å². The second-order valence-electron chi connectivity index (χ2n) is 10.4. The molecular formula is C29H32Cl3N3O4S. The summed E-state index contributed by atoms with van der Waals surface area (Å²) in [6, 6.07) is 16.6. The molecule has 7 nitrogen and oxygen atoms in total. The van der Waals surface area contributed by atoms with E-state index >= 15 is 0 Å². The van der Waals surface area contributed by atoms with Crippen molar-refractivity contribution >= 4 is 62.3 Å². The van der Waals surface area contributed by atoms with Gasteiger partial charge in [0, 0.05) is 17.1 Å². The normalized spacial score (nSPS) is 12.5. The van der Waals surface area contributed by atoms with Gasteiger partial charge in [-0.3, -0.25) is 13.9 Å². The van der Waals surface area contributed by atoms with Gasteiger partial charge in [-0.1, -0.05) is 65.1 Å². The molecule has 2 amide bonds. The number of hydrogen-bond donors (Lipinski definition) is 1. The summed E-state index contributed by atoms with van der Waals surface area (Å²) in [6.07, 6.45) is 0. The number of hydrogen-bond acceptors (Lipinski definition) is 4. The number of sulfonamides is 1. The molecule has 0 aliphatic rings. The van der Waals surface area contributed by atoms with E-state index in [0.29, 0.717) is 20.6 Å². The van der Waals surface area contributed by atoms with Gasteiger partial charge in [0.15, 0.2) is 0 Å². The number of nitrogens with zero attached hydrogens (tertiary/aromatic N) is 2. The Morgan fingerprint density at radius 1 is 0.900 bits per heavy atom. The number of aryl methyl sites for hydroxylation is 1. The third-order valence-corrected chi connectivity index (χ3v) is 8.99. The van der Waals surface area contributed by atoms with Crippen LogP contribution in [0.15, 0.2) is 71.6 Å². The van der Waals surface area contributed by atoms with Crippen LogP contribution in [0.2, 0.25) is 15.1 Å². The van der Waals surface area contributed by atoms with E-state index in [1.807, 2.05) is 20.8 Å². The summed E-state index contributed by atoms with van der Waals surface area (Å²) in [5, 5.41) is 3.87. The molecule has 214 valence electrons. The minimum absolute atomic E-state index is 0.00838. The Kier molecular flexibility index (Phi) is 10.2. The van der Waals surface area contributed by atoms with E-state index in [1.54, 1.807) is 62.4 Å². The summed E-state index contributed by atoms with van der Waals surface area (Å²) in [4.78, 5) is 28.5. The topological polar surface area (TPSA) is 86.8 Å². The first-order valence-electron chi connectivity index (χ1n) is 12.5. The Morgan fingerprint density at radius 2 is 1.55 bits per heavy atom. The number of amides is 2. The summed E-state index contributed by atoms with van der Waals surface area (Å²) in [5.74, 6) is -0.990. The molecule has 3 aromatic rings. The second-order valence-corrected chi connectivity index (χ2v) is 13.5. The standard InChI is InChI=1S/C29H32Cl3N3O4S/c1-19-11-13-22(16-25(19)31)35(40(38,39)23-9-7-6-8-10-23)18-27(36)34(20(2)28(37)33-29(3,4)5)17-21-12-14-24(30)26(32)15-21/h6-16,20H,17-18H2,1-5H3,(H,33,37). The minimum Gasteiger partial charge on any atom is -0.350 e. The molecule has 40 heavy (non-hydrogen) atoms. The highest BCUT2D eigenvalue weighted by atomic mass is 35.5. The van der Waals surface area contributed by atoms with Crippen molar-refractivity contribution in [3.8, 4) is 0 Å². The Balaban J connectivity index is 2.06. The van der Waals surface area contributed by atoms with Crippen molar-refractivity contribution in [2.45, 2.75) is 57.6 Å². The molecule has 11 heteroatoms. The molecule has 0 bridgehead atoms. The molecule has 0 aliphatic heterocycles. The zero-order valence-corrected chi connectivity index (χ0v) is 26.0. The SMILES string of the molecule is Cc1ccc(N(CC(=O)N(Cc2ccc(Cl)c(Cl)c2)C(C)C(=O)NC(C)(C)C)S(=O)(=O)c2ccccc2)cc1Cl. The van der Waals surface area contributed by atoms with Gasteiger partial charge in [-0.15, -0.1) is 0 Å². The first-order chi connectivity index (χ1) is 18.6. The van der Waals surface area contributed by atoms with Gasteiger partial charge in [0.25, 0.3) is 10.0 Å². The van der Waals surface area contributed by atoms with Crippen molar-refractivity contribution in [1.82, 2.24) is 10.2 Å². The first kappa shape index (κ1) is 31.7. The predicted molar refractivity (Wildman–Crippen MR) is 162 cm³/mol. The summed E-state index contributed by atoms with van der Waals surface area (Å²) < 4.78 is 28.6. The number of anilines is 1. The zero-order valence-electron chi connectivity index (χ0n) is 22.9. The third-order valence-electron chi connectivity index (χ3n) is 6.06. The van der Waals surface area contributed by atoms with Crippen molar-refractivity contribution in [3.63, 3.8) is 0 Å². The minimum atomic E-state index is -4.18. The van der Waals surface area contributed by atoms with Crippen LogP contribution in [-0.2, 0) is 26.2 Å². The van der Waals surface area contributed by atoms with E-state index in [1.165, 1.54) is 23.1 Å². The summed E-state index contributed by atoms with van der Waals surface area (Å²) >= 11 is 18.6. The predicted octanol–water partition coefficient (Wildman–Crippen LogP) is 6.48. The van der Waals surface area contributed by atoms with Crippen LogP contribution in [0.1, 0.15) is 38.8 Å². The van der Waals surface area contributed by atoms with Gasteiger partial charge >= 0.3 is 0 Å². The van der Waals surface area contributed by atoms with Crippen LogP contribution in [0.5, 0.6) is 0 Å². The molecule has 1 atom stereocenters. The molecule has 3 aromatic carbocycles. The van der Waals surface area contributed by atoms with Gasteiger partial charge in [0.2, 0.25) is 11.8 Å². The quantitative estimate of drug-likeness (QED) is 0.295. The van der Waals surface area contributed by atoms with E-state index in [4.69, 9.17) is 34.8 Å². The average molecular weight is 625 g/mol. The lowest BCUT2D eigenvalue weighted by Gasteiger charge is -2.33. The van der Waals surface area contributed by atoms with Crippen LogP contribution in [0.25, 0.3) is 0 Å². The van der Waals surface area contributed by atoms with Crippen molar-refractivity contribution in [2.75, 3.05) is 10.8 Å². The van der Waals surface area contributed by atoms with Crippen LogP contribution in [0.3, 0.4) is 0 Å². The number of rotatable bonds is 9. The summed E-state index contributed by atoms with van der Waals surface area (Å²) in [5.41, 5.74) is 1.04.